The van der Waals surface area contributed by atoms with Crippen molar-refractivity contribution in [2.45, 2.75) is 26.1 Å². The lowest BCUT2D eigenvalue weighted by Crippen LogP contribution is -2.34. The van der Waals surface area contributed by atoms with E-state index in [1.54, 1.807) is 0 Å². The third-order valence-electron chi connectivity index (χ3n) is 4.20. The van der Waals surface area contributed by atoms with Crippen LogP contribution >= 0.6 is 15.9 Å². The number of likely N-dealkylation sites (tertiary alicyclic amines) is 1. The normalized spacial score (nSPS) is 23.7. The van der Waals surface area contributed by atoms with Gasteiger partial charge in [0.05, 0.1) is 0 Å². The van der Waals surface area contributed by atoms with E-state index in [1.165, 1.54) is 28.7 Å². The fourth-order valence-corrected chi connectivity index (χ4v) is 3.67. The van der Waals surface area contributed by atoms with E-state index < -0.39 is 0 Å². The first-order valence-corrected chi connectivity index (χ1v) is 8.11. The van der Waals surface area contributed by atoms with Gasteiger partial charge in [-0.25, -0.2) is 0 Å². The van der Waals surface area contributed by atoms with Crippen LogP contribution in [-0.4, -0.2) is 50.1 Å². The van der Waals surface area contributed by atoms with Crippen LogP contribution in [0.1, 0.15) is 18.1 Å². The van der Waals surface area contributed by atoms with Gasteiger partial charge in [0.2, 0.25) is 0 Å². The molecule has 0 spiro atoms. The zero-order chi connectivity index (χ0) is 14.7. The highest BCUT2D eigenvalue weighted by atomic mass is 79.9. The van der Waals surface area contributed by atoms with E-state index in [-0.39, 0.29) is 0 Å². The van der Waals surface area contributed by atoms with Crippen molar-refractivity contribution in [1.82, 2.24) is 15.1 Å². The highest BCUT2D eigenvalue weighted by molar-refractivity contribution is 9.10. The first kappa shape index (κ1) is 16.0. The van der Waals surface area contributed by atoms with Gasteiger partial charge >= 0.3 is 0 Å². The predicted molar refractivity (Wildman–Crippen MR) is 88.8 cm³/mol. The van der Waals surface area contributed by atoms with Crippen molar-refractivity contribution in [3.63, 3.8) is 0 Å². The molecule has 1 heterocycles. The molecule has 1 aliphatic heterocycles. The van der Waals surface area contributed by atoms with E-state index in [2.05, 4.69) is 70.3 Å². The van der Waals surface area contributed by atoms with Gasteiger partial charge in [0.1, 0.15) is 0 Å². The van der Waals surface area contributed by atoms with Crippen molar-refractivity contribution >= 4 is 15.9 Å². The molecule has 1 aromatic rings. The molecule has 2 atom stereocenters. The summed E-state index contributed by atoms with van der Waals surface area (Å²) < 4.78 is 1.23. The first-order valence-electron chi connectivity index (χ1n) is 7.32. The molecule has 2 unspecified atom stereocenters. The topological polar surface area (TPSA) is 18.5 Å². The molecule has 3 nitrogen and oxygen atoms in total. The van der Waals surface area contributed by atoms with Gasteiger partial charge in [-0.3, -0.25) is 4.90 Å². The second-order valence-electron chi connectivity index (χ2n) is 6.16. The maximum atomic E-state index is 3.72. The maximum Gasteiger partial charge on any atom is 0.0254 e. The summed E-state index contributed by atoms with van der Waals surface area (Å²) >= 11 is 3.72. The predicted octanol–water partition coefficient (Wildman–Crippen LogP) is 2.55. The van der Waals surface area contributed by atoms with Crippen LogP contribution in [0, 0.1) is 5.92 Å². The quantitative estimate of drug-likeness (QED) is 0.889. The van der Waals surface area contributed by atoms with Gasteiger partial charge in [0.15, 0.2) is 0 Å². The number of likely N-dealkylation sites (N-methyl/N-ethyl adjacent to an activating group) is 1. The number of hydrogen-bond acceptors (Lipinski definition) is 3. The second kappa shape index (κ2) is 7.03. The summed E-state index contributed by atoms with van der Waals surface area (Å²) in [5.41, 5.74) is 2.71. The van der Waals surface area contributed by atoms with E-state index in [0.717, 1.165) is 19.0 Å². The lowest BCUT2D eigenvalue weighted by atomic mass is 10.1. The molecule has 0 aliphatic carbocycles. The third-order valence-corrected chi connectivity index (χ3v) is 4.94. The standard InChI is InChI=1S/C16H26BrN3/c1-12-9-20(11-16(12)19(3)4)10-14-6-5-13(8-18-2)7-15(14)17/h5-7,12,16,18H,8-11H2,1-4H3. The average Bonchev–Trinajstić information content (AvgIpc) is 2.74. The minimum absolute atomic E-state index is 0.678. The Morgan fingerprint density at radius 3 is 2.65 bits per heavy atom. The van der Waals surface area contributed by atoms with E-state index in [4.69, 9.17) is 0 Å². The molecule has 112 valence electrons. The number of hydrogen-bond donors (Lipinski definition) is 1. The summed E-state index contributed by atoms with van der Waals surface area (Å²) in [5.74, 6) is 0.743. The molecule has 1 N–H and O–H groups in total. The number of benzene rings is 1. The summed E-state index contributed by atoms with van der Waals surface area (Å²) in [7, 11) is 6.36. The van der Waals surface area contributed by atoms with Gasteiger partial charge in [0.25, 0.3) is 0 Å². The van der Waals surface area contributed by atoms with Crippen molar-refractivity contribution in [2.75, 3.05) is 34.2 Å². The van der Waals surface area contributed by atoms with Gasteiger partial charge in [0, 0.05) is 36.7 Å². The minimum Gasteiger partial charge on any atom is -0.316 e. The SMILES string of the molecule is CNCc1ccc(CN2CC(C)C(N(C)C)C2)c(Br)c1. The molecule has 1 aliphatic rings. The zero-order valence-electron chi connectivity index (χ0n) is 13.0. The average molecular weight is 340 g/mol. The lowest BCUT2D eigenvalue weighted by molar-refractivity contribution is 0.250. The highest BCUT2D eigenvalue weighted by Crippen LogP contribution is 2.25. The Bertz CT molecular complexity index is 447. The number of halogens is 1. The molecule has 1 aromatic carbocycles. The molecular formula is C16H26BrN3. The molecule has 0 amide bonds. The minimum atomic E-state index is 0.678. The smallest absolute Gasteiger partial charge is 0.0254 e. The number of rotatable bonds is 5. The van der Waals surface area contributed by atoms with Crippen LogP contribution < -0.4 is 5.32 Å². The van der Waals surface area contributed by atoms with Gasteiger partial charge < -0.3 is 10.2 Å². The van der Waals surface area contributed by atoms with Crippen LogP contribution in [0.5, 0.6) is 0 Å². The molecule has 0 saturated carbocycles. The molecule has 20 heavy (non-hydrogen) atoms. The highest BCUT2D eigenvalue weighted by Gasteiger charge is 2.30. The van der Waals surface area contributed by atoms with Gasteiger partial charge in [-0.15, -0.1) is 0 Å². The number of nitrogens with zero attached hydrogens (tertiary/aromatic N) is 2. The van der Waals surface area contributed by atoms with Crippen molar-refractivity contribution in [2.24, 2.45) is 5.92 Å². The van der Waals surface area contributed by atoms with Crippen molar-refractivity contribution in [3.05, 3.63) is 33.8 Å². The van der Waals surface area contributed by atoms with E-state index in [0.29, 0.717) is 6.04 Å². The van der Waals surface area contributed by atoms with Crippen LogP contribution in [0.25, 0.3) is 0 Å². The fourth-order valence-electron chi connectivity index (χ4n) is 3.12. The van der Waals surface area contributed by atoms with Crippen LogP contribution in [0.15, 0.2) is 22.7 Å². The Balaban J connectivity index is 2.01. The lowest BCUT2D eigenvalue weighted by Gasteiger charge is -2.22. The summed E-state index contributed by atoms with van der Waals surface area (Å²) in [6, 6.07) is 7.39. The second-order valence-corrected chi connectivity index (χ2v) is 7.01. The van der Waals surface area contributed by atoms with Crippen molar-refractivity contribution < 1.29 is 0 Å². The Morgan fingerprint density at radius 2 is 2.10 bits per heavy atom. The molecule has 0 bridgehead atoms. The first-order chi connectivity index (χ1) is 9.51. The van der Waals surface area contributed by atoms with Gasteiger partial charge in [-0.05, 0) is 44.3 Å². The Hall–Kier alpha value is -0.420. The molecule has 1 saturated heterocycles. The largest absolute Gasteiger partial charge is 0.316 e. The summed E-state index contributed by atoms with van der Waals surface area (Å²) in [6.45, 7) is 6.67. The zero-order valence-corrected chi connectivity index (χ0v) is 14.6. The third kappa shape index (κ3) is 3.82. The molecular weight excluding hydrogens is 314 g/mol. The monoisotopic (exact) mass is 339 g/mol. The Kier molecular flexibility index (Phi) is 5.61. The van der Waals surface area contributed by atoms with Crippen LogP contribution in [0.3, 0.4) is 0 Å². The molecule has 2 rings (SSSR count). The van der Waals surface area contributed by atoms with Crippen LogP contribution in [0.4, 0.5) is 0 Å². The Labute approximate surface area is 131 Å². The number of nitrogens with one attached hydrogen (secondary N) is 1. The van der Waals surface area contributed by atoms with E-state index >= 15 is 0 Å². The van der Waals surface area contributed by atoms with E-state index in [1.807, 2.05) is 7.05 Å². The molecule has 0 radical (unpaired) electrons. The van der Waals surface area contributed by atoms with Crippen molar-refractivity contribution in [3.8, 4) is 0 Å². The summed E-state index contributed by atoms with van der Waals surface area (Å²) in [5, 5.41) is 3.19. The molecule has 0 aromatic heterocycles. The fraction of sp³-hybridized carbons (Fsp3) is 0.625. The van der Waals surface area contributed by atoms with E-state index in [9.17, 15) is 0 Å². The van der Waals surface area contributed by atoms with Gasteiger partial charge in [-0.2, -0.15) is 0 Å². The van der Waals surface area contributed by atoms with Crippen molar-refractivity contribution in [1.29, 1.82) is 0 Å². The molecule has 4 heteroatoms. The van der Waals surface area contributed by atoms with Gasteiger partial charge in [-0.1, -0.05) is 35.0 Å². The molecule has 1 fully saturated rings. The summed E-state index contributed by atoms with van der Waals surface area (Å²) in [6.07, 6.45) is 0. The maximum absolute atomic E-state index is 3.72. The summed E-state index contributed by atoms with van der Waals surface area (Å²) in [4.78, 5) is 4.92. The Morgan fingerprint density at radius 1 is 1.35 bits per heavy atom. The van der Waals surface area contributed by atoms with Crippen LogP contribution in [0.2, 0.25) is 0 Å². The van der Waals surface area contributed by atoms with Crippen LogP contribution in [-0.2, 0) is 13.1 Å².